The highest BCUT2D eigenvalue weighted by Crippen LogP contribution is 2.67. The van der Waals surface area contributed by atoms with E-state index in [1.54, 1.807) is 0 Å². The van der Waals surface area contributed by atoms with Gasteiger partial charge in [-0.2, -0.15) is 10.5 Å². The molecule has 2 aliphatic rings. The van der Waals surface area contributed by atoms with Crippen LogP contribution in [0.4, 0.5) is 0 Å². The molecule has 1 fully saturated rings. The third kappa shape index (κ3) is 1.12. The zero-order chi connectivity index (χ0) is 15.4. The van der Waals surface area contributed by atoms with Crippen LogP contribution in [0.15, 0.2) is 61.2 Å². The van der Waals surface area contributed by atoms with Gasteiger partial charge in [0, 0.05) is 5.92 Å². The molecule has 0 heterocycles. The molecule has 2 aromatic carbocycles. The first-order chi connectivity index (χ1) is 10.7. The molecule has 22 heavy (non-hydrogen) atoms. The minimum absolute atomic E-state index is 0.00616. The van der Waals surface area contributed by atoms with E-state index < -0.39 is 10.8 Å². The summed E-state index contributed by atoms with van der Waals surface area (Å²) in [5.41, 5.74) is 2.50. The Morgan fingerprint density at radius 2 is 1.55 bits per heavy atom. The van der Waals surface area contributed by atoms with Crippen molar-refractivity contribution in [3.63, 3.8) is 0 Å². The van der Waals surface area contributed by atoms with E-state index in [2.05, 4.69) is 24.8 Å². The lowest BCUT2D eigenvalue weighted by Crippen LogP contribution is -2.64. The largest absolute Gasteiger partial charge is 0.197 e. The minimum Gasteiger partial charge on any atom is -0.197 e. The predicted molar refractivity (Wildman–Crippen MR) is 84.8 cm³/mol. The van der Waals surface area contributed by atoms with E-state index >= 15 is 0 Å². The molecule has 104 valence electrons. The Kier molecular flexibility index (Phi) is 2.39. The lowest BCUT2D eigenvalue weighted by Gasteiger charge is -2.59. The van der Waals surface area contributed by atoms with Crippen LogP contribution in [0.5, 0.6) is 0 Å². The van der Waals surface area contributed by atoms with Crippen molar-refractivity contribution in [1.29, 1.82) is 10.5 Å². The van der Waals surface area contributed by atoms with E-state index in [1.807, 2.05) is 48.5 Å². The molecule has 0 N–H and O–H groups in total. The Labute approximate surface area is 129 Å². The number of hydrogen-bond acceptors (Lipinski definition) is 2. The third-order valence-corrected chi connectivity index (χ3v) is 5.44. The second-order valence-corrected chi connectivity index (χ2v) is 6.07. The Hall–Kier alpha value is -2.84. The van der Waals surface area contributed by atoms with Crippen LogP contribution in [0, 0.1) is 28.6 Å². The topological polar surface area (TPSA) is 47.6 Å². The first-order valence-corrected chi connectivity index (χ1v) is 7.39. The average molecular weight is 282 g/mol. The molecule has 0 unspecified atom stereocenters. The molecular weight excluding hydrogens is 268 g/mol. The van der Waals surface area contributed by atoms with Gasteiger partial charge in [0.05, 0.1) is 12.1 Å². The monoisotopic (exact) mass is 282 g/mol. The summed E-state index contributed by atoms with van der Waals surface area (Å²) in [6.07, 6.45) is 2.50. The highest BCUT2D eigenvalue weighted by molar-refractivity contribution is 5.82. The summed E-state index contributed by atoms with van der Waals surface area (Å²) in [4.78, 5) is 0. The fraction of sp³-hybridized carbons (Fsp3) is 0.200. The number of allylic oxidation sites excluding steroid dienone is 1. The van der Waals surface area contributed by atoms with E-state index in [0.717, 1.165) is 22.3 Å². The highest BCUT2D eigenvalue weighted by atomic mass is 14.7. The van der Waals surface area contributed by atoms with Crippen LogP contribution < -0.4 is 0 Å². The molecule has 0 amide bonds. The Morgan fingerprint density at radius 3 is 2.14 bits per heavy atom. The van der Waals surface area contributed by atoms with Gasteiger partial charge in [-0.1, -0.05) is 54.6 Å². The van der Waals surface area contributed by atoms with Crippen molar-refractivity contribution in [2.45, 2.75) is 17.3 Å². The first kappa shape index (κ1) is 12.9. The molecule has 3 atom stereocenters. The Balaban J connectivity index is 2.18. The van der Waals surface area contributed by atoms with E-state index in [9.17, 15) is 10.5 Å². The predicted octanol–water partition coefficient (Wildman–Crippen LogP) is 4.10. The quantitative estimate of drug-likeness (QED) is 0.739. The van der Waals surface area contributed by atoms with Gasteiger partial charge in [0.25, 0.3) is 0 Å². The maximum Gasteiger partial charge on any atom is 0.112 e. The number of fused-ring (bicyclic) bond motifs is 6. The Morgan fingerprint density at radius 1 is 0.955 bits per heavy atom. The highest BCUT2D eigenvalue weighted by Gasteiger charge is 2.70. The van der Waals surface area contributed by atoms with Gasteiger partial charge in [0.1, 0.15) is 10.8 Å². The van der Waals surface area contributed by atoms with Gasteiger partial charge in [0.15, 0.2) is 0 Å². The number of hydrogen-bond donors (Lipinski definition) is 0. The average Bonchev–Trinajstić information content (AvgIpc) is 2.56. The van der Waals surface area contributed by atoms with Gasteiger partial charge in [0.2, 0.25) is 0 Å². The van der Waals surface area contributed by atoms with E-state index in [-0.39, 0.29) is 5.92 Å². The fourth-order valence-electron chi connectivity index (χ4n) is 4.43. The van der Waals surface area contributed by atoms with Gasteiger partial charge in [-0.25, -0.2) is 0 Å². The SMILES string of the molecule is C=C[C@H]1C[C@]2(C#N)c3ccccc3-c3ccccc3[C@]12C#N. The maximum atomic E-state index is 10.1. The van der Waals surface area contributed by atoms with Gasteiger partial charge < -0.3 is 0 Å². The molecule has 4 rings (SSSR count). The summed E-state index contributed by atoms with van der Waals surface area (Å²) in [6.45, 7) is 3.90. The molecule has 0 spiro atoms. The zero-order valence-electron chi connectivity index (χ0n) is 12.1. The summed E-state index contributed by atoms with van der Waals surface area (Å²) in [6, 6.07) is 21.0. The molecule has 0 saturated heterocycles. The molecule has 2 nitrogen and oxygen atoms in total. The lowest BCUT2D eigenvalue weighted by molar-refractivity contribution is 0.114. The number of benzene rings is 2. The van der Waals surface area contributed by atoms with Crippen molar-refractivity contribution in [2.75, 3.05) is 0 Å². The molecule has 1 saturated carbocycles. The van der Waals surface area contributed by atoms with E-state index in [4.69, 9.17) is 0 Å². The van der Waals surface area contributed by atoms with E-state index in [0.29, 0.717) is 6.42 Å². The van der Waals surface area contributed by atoms with Gasteiger partial charge in [-0.15, -0.1) is 6.58 Å². The zero-order valence-corrected chi connectivity index (χ0v) is 12.1. The molecule has 0 radical (unpaired) electrons. The normalized spacial score (nSPS) is 30.5. The van der Waals surface area contributed by atoms with Crippen molar-refractivity contribution in [3.05, 3.63) is 72.3 Å². The van der Waals surface area contributed by atoms with Crippen LogP contribution in [-0.4, -0.2) is 0 Å². The standard InChI is InChI=1S/C20H14N2/c1-2-14-11-19(12-21)17-9-5-3-7-15(17)16-8-4-6-10-18(16)20(14,19)13-22/h2-10,14H,1,11H2/t14-,19-,20-/m0/s1. The summed E-state index contributed by atoms with van der Waals surface area (Å²) in [5.74, 6) is 0.00616. The summed E-state index contributed by atoms with van der Waals surface area (Å²) < 4.78 is 0. The summed E-state index contributed by atoms with van der Waals surface area (Å²) in [7, 11) is 0. The summed E-state index contributed by atoms with van der Waals surface area (Å²) >= 11 is 0. The van der Waals surface area contributed by atoms with Crippen LogP contribution in [0.2, 0.25) is 0 Å². The third-order valence-electron chi connectivity index (χ3n) is 5.44. The molecule has 0 aromatic heterocycles. The van der Waals surface area contributed by atoms with Crippen molar-refractivity contribution >= 4 is 0 Å². The van der Waals surface area contributed by atoms with Crippen LogP contribution in [0.1, 0.15) is 17.5 Å². The van der Waals surface area contributed by atoms with Crippen molar-refractivity contribution in [1.82, 2.24) is 0 Å². The molecule has 0 aliphatic heterocycles. The maximum absolute atomic E-state index is 10.1. The van der Waals surface area contributed by atoms with Crippen LogP contribution in [-0.2, 0) is 10.8 Å². The van der Waals surface area contributed by atoms with Crippen molar-refractivity contribution in [2.24, 2.45) is 5.92 Å². The van der Waals surface area contributed by atoms with Gasteiger partial charge in [-0.05, 0) is 28.7 Å². The van der Waals surface area contributed by atoms with Gasteiger partial charge >= 0.3 is 0 Å². The molecule has 2 aliphatic carbocycles. The van der Waals surface area contributed by atoms with Crippen LogP contribution in [0.3, 0.4) is 0 Å². The van der Waals surface area contributed by atoms with Crippen molar-refractivity contribution in [3.8, 4) is 23.3 Å². The molecule has 0 bridgehead atoms. The lowest BCUT2D eigenvalue weighted by atomic mass is 9.38. The van der Waals surface area contributed by atoms with Gasteiger partial charge in [-0.3, -0.25) is 0 Å². The van der Waals surface area contributed by atoms with E-state index in [1.165, 1.54) is 0 Å². The number of rotatable bonds is 1. The first-order valence-electron chi connectivity index (χ1n) is 7.39. The smallest absolute Gasteiger partial charge is 0.112 e. The fourth-order valence-corrected chi connectivity index (χ4v) is 4.43. The Bertz CT molecular complexity index is 883. The minimum atomic E-state index is -0.825. The van der Waals surface area contributed by atoms with Crippen LogP contribution in [0.25, 0.3) is 11.1 Å². The van der Waals surface area contributed by atoms with Crippen LogP contribution >= 0.6 is 0 Å². The number of nitriles is 2. The molecular formula is C20H14N2. The second-order valence-electron chi connectivity index (χ2n) is 6.07. The molecule has 2 heteroatoms. The second kappa shape index (κ2) is 4.09. The number of nitrogens with zero attached hydrogens (tertiary/aromatic N) is 2. The summed E-state index contributed by atoms with van der Waals surface area (Å²) in [5, 5.41) is 20.1. The molecule has 2 aromatic rings. The van der Waals surface area contributed by atoms with Crippen molar-refractivity contribution < 1.29 is 0 Å².